The molecular weight excluding hydrogens is 176 g/mol. The van der Waals surface area contributed by atoms with Crippen LogP contribution >= 0.6 is 0 Å². The van der Waals surface area contributed by atoms with Gasteiger partial charge in [0, 0.05) is 13.0 Å². The van der Waals surface area contributed by atoms with Gasteiger partial charge in [0.05, 0.1) is 6.10 Å². The molecule has 1 aliphatic heterocycles. The molecule has 0 N–H and O–H groups in total. The van der Waals surface area contributed by atoms with Gasteiger partial charge >= 0.3 is 0 Å². The number of fused-ring (bicyclic) bond motifs is 1. The Kier molecular flexibility index (Phi) is 3.04. The molecule has 1 aliphatic carbocycles. The van der Waals surface area contributed by atoms with Gasteiger partial charge in [0.25, 0.3) is 0 Å². The van der Waals surface area contributed by atoms with Crippen molar-refractivity contribution in [2.24, 2.45) is 5.92 Å². The first kappa shape index (κ1) is 9.94. The van der Waals surface area contributed by atoms with E-state index in [9.17, 15) is 0 Å². The fourth-order valence-corrected chi connectivity index (χ4v) is 2.58. The van der Waals surface area contributed by atoms with Gasteiger partial charge in [-0.15, -0.1) is 0 Å². The zero-order valence-electron chi connectivity index (χ0n) is 8.74. The molecule has 1 saturated carbocycles. The molecule has 0 bridgehead atoms. The minimum absolute atomic E-state index is 0.124. The van der Waals surface area contributed by atoms with E-state index >= 15 is 0 Å². The second kappa shape index (κ2) is 4.28. The second-order valence-corrected chi connectivity index (χ2v) is 4.04. The van der Waals surface area contributed by atoms with Gasteiger partial charge in [0.1, 0.15) is 0 Å². The van der Waals surface area contributed by atoms with Gasteiger partial charge in [-0.2, -0.15) is 0 Å². The largest absolute Gasteiger partial charge is 0.352 e. The minimum Gasteiger partial charge on any atom is -0.352 e. The molecule has 3 unspecified atom stereocenters. The Labute approximate surface area is 85.6 Å². The first-order chi connectivity index (χ1) is 6.86. The molecule has 0 spiro atoms. The van der Waals surface area contributed by atoms with E-state index in [1.165, 1.54) is 31.3 Å². The summed E-state index contributed by atoms with van der Waals surface area (Å²) in [5.74, 6) is 0.576. The van der Waals surface area contributed by atoms with Crippen LogP contribution in [-0.2, 0) is 9.47 Å². The lowest BCUT2D eigenvalue weighted by Gasteiger charge is -2.23. The Balaban J connectivity index is 2.18. The Bertz CT molecular complexity index is 245. The molecule has 3 atom stereocenters. The number of methoxy groups -OCH3 is 1. The van der Waals surface area contributed by atoms with Crippen molar-refractivity contribution >= 4 is 0 Å². The van der Waals surface area contributed by atoms with E-state index in [4.69, 9.17) is 9.47 Å². The Hall–Kier alpha value is -0.600. The Morgan fingerprint density at radius 3 is 2.93 bits per heavy atom. The third-order valence-corrected chi connectivity index (χ3v) is 3.23. The van der Waals surface area contributed by atoms with E-state index in [-0.39, 0.29) is 6.29 Å². The Morgan fingerprint density at radius 1 is 1.43 bits per heavy atom. The highest BCUT2D eigenvalue weighted by Gasteiger charge is 2.40. The highest BCUT2D eigenvalue weighted by atomic mass is 16.7. The topological polar surface area (TPSA) is 18.5 Å². The summed E-state index contributed by atoms with van der Waals surface area (Å²) >= 11 is 0. The third-order valence-electron chi connectivity index (χ3n) is 3.23. The summed E-state index contributed by atoms with van der Waals surface area (Å²) in [5.41, 5.74) is 1.28. The van der Waals surface area contributed by atoms with Crippen LogP contribution in [0, 0.1) is 5.92 Å². The van der Waals surface area contributed by atoms with Crippen molar-refractivity contribution in [2.45, 2.75) is 38.1 Å². The summed E-state index contributed by atoms with van der Waals surface area (Å²) in [6, 6.07) is 0. The summed E-state index contributed by atoms with van der Waals surface area (Å²) < 4.78 is 11.2. The van der Waals surface area contributed by atoms with E-state index < -0.39 is 0 Å². The predicted molar refractivity (Wildman–Crippen MR) is 55.9 cm³/mol. The van der Waals surface area contributed by atoms with Crippen molar-refractivity contribution < 1.29 is 9.47 Å². The van der Waals surface area contributed by atoms with Crippen molar-refractivity contribution in [3.8, 4) is 0 Å². The van der Waals surface area contributed by atoms with Crippen LogP contribution in [0.2, 0.25) is 0 Å². The normalized spacial score (nSPS) is 39.8. The highest BCUT2D eigenvalue weighted by Crippen LogP contribution is 2.41. The third kappa shape index (κ3) is 1.64. The molecule has 0 aromatic rings. The van der Waals surface area contributed by atoms with Gasteiger partial charge in [-0.05, 0) is 18.4 Å². The van der Waals surface area contributed by atoms with E-state index in [1.54, 1.807) is 7.11 Å². The Morgan fingerprint density at radius 2 is 2.21 bits per heavy atom. The average molecular weight is 194 g/mol. The summed E-state index contributed by atoms with van der Waals surface area (Å²) in [7, 11) is 1.71. The summed E-state index contributed by atoms with van der Waals surface area (Å²) in [6.07, 6.45) is 9.18. The van der Waals surface area contributed by atoms with Gasteiger partial charge in [0.2, 0.25) is 0 Å². The van der Waals surface area contributed by atoms with Crippen LogP contribution in [0.15, 0.2) is 24.3 Å². The van der Waals surface area contributed by atoms with Crippen molar-refractivity contribution in [1.29, 1.82) is 0 Å². The minimum atomic E-state index is -0.124. The van der Waals surface area contributed by atoms with Gasteiger partial charge in [-0.3, -0.25) is 0 Å². The summed E-state index contributed by atoms with van der Waals surface area (Å²) in [6.45, 7) is 3.74. The van der Waals surface area contributed by atoms with E-state index in [1.807, 2.05) is 6.08 Å². The molecule has 0 amide bonds. The molecule has 2 heteroatoms. The lowest BCUT2D eigenvalue weighted by Crippen LogP contribution is -2.20. The number of ether oxygens (including phenoxy) is 2. The molecule has 2 fully saturated rings. The average Bonchev–Trinajstić information content (AvgIpc) is 2.58. The molecule has 14 heavy (non-hydrogen) atoms. The van der Waals surface area contributed by atoms with Crippen LogP contribution in [0.25, 0.3) is 0 Å². The molecule has 78 valence electrons. The maximum absolute atomic E-state index is 5.84. The van der Waals surface area contributed by atoms with Crippen LogP contribution < -0.4 is 0 Å². The first-order valence-electron chi connectivity index (χ1n) is 5.37. The monoisotopic (exact) mass is 194 g/mol. The van der Waals surface area contributed by atoms with Crippen molar-refractivity contribution in [2.75, 3.05) is 7.11 Å². The lowest BCUT2D eigenvalue weighted by atomic mass is 9.83. The molecule has 2 rings (SSSR count). The number of rotatable bonds is 2. The summed E-state index contributed by atoms with van der Waals surface area (Å²) in [4.78, 5) is 0. The second-order valence-electron chi connectivity index (χ2n) is 4.04. The van der Waals surface area contributed by atoms with Gasteiger partial charge in [0.15, 0.2) is 6.29 Å². The quantitative estimate of drug-likeness (QED) is 0.673. The molecule has 0 aromatic heterocycles. The molecule has 1 heterocycles. The lowest BCUT2D eigenvalue weighted by molar-refractivity contribution is -0.107. The zero-order chi connectivity index (χ0) is 9.97. The number of hydrogen-bond acceptors (Lipinski definition) is 2. The van der Waals surface area contributed by atoms with Crippen molar-refractivity contribution in [3.05, 3.63) is 24.3 Å². The fourth-order valence-electron chi connectivity index (χ4n) is 2.58. The predicted octanol–water partition coefficient (Wildman–Crippen LogP) is 2.66. The van der Waals surface area contributed by atoms with E-state index in [2.05, 4.69) is 12.7 Å². The van der Waals surface area contributed by atoms with Gasteiger partial charge < -0.3 is 9.47 Å². The number of allylic oxidation sites excluding steroid dienone is 2. The molecule has 2 aliphatic rings. The fraction of sp³-hybridized carbons (Fsp3) is 0.667. The maximum Gasteiger partial charge on any atom is 0.180 e. The first-order valence-corrected chi connectivity index (χ1v) is 5.37. The van der Waals surface area contributed by atoms with Crippen LogP contribution in [0.4, 0.5) is 0 Å². The van der Waals surface area contributed by atoms with E-state index in [0.717, 1.165) is 0 Å². The highest BCUT2D eigenvalue weighted by molar-refractivity contribution is 5.21. The van der Waals surface area contributed by atoms with Crippen LogP contribution in [0.5, 0.6) is 0 Å². The number of hydrogen-bond donors (Lipinski definition) is 0. The molecule has 0 radical (unpaired) electrons. The van der Waals surface area contributed by atoms with Crippen LogP contribution in [-0.4, -0.2) is 19.5 Å². The van der Waals surface area contributed by atoms with E-state index in [0.29, 0.717) is 12.0 Å². The smallest absolute Gasteiger partial charge is 0.180 e. The standard InChI is InChI=1S/C12H18O2/c1-3-6-10-9-7-4-5-8-11(9)14-12(10)13-2/h3,6,9,11-12H,1,4-5,7-8H2,2H3. The SMILES string of the molecule is C=CC=C1C(OC)OC2CCCCC12. The molecule has 2 nitrogen and oxygen atoms in total. The zero-order valence-corrected chi connectivity index (χ0v) is 8.74. The molecular formula is C12H18O2. The van der Waals surface area contributed by atoms with Gasteiger partial charge in [-0.25, -0.2) is 0 Å². The van der Waals surface area contributed by atoms with Crippen LogP contribution in [0.3, 0.4) is 0 Å². The van der Waals surface area contributed by atoms with Crippen molar-refractivity contribution in [3.63, 3.8) is 0 Å². The maximum atomic E-state index is 5.84. The van der Waals surface area contributed by atoms with Crippen molar-refractivity contribution in [1.82, 2.24) is 0 Å². The van der Waals surface area contributed by atoms with Gasteiger partial charge in [-0.1, -0.05) is 31.6 Å². The molecule has 1 saturated heterocycles. The summed E-state index contributed by atoms with van der Waals surface area (Å²) in [5, 5.41) is 0. The van der Waals surface area contributed by atoms with Crippen LogP contribution in [0.1, 0.15) is 25.7 Å². The molecule has 0 aromatic carbocycles.